The maximum absolute atomic E-state index is 12.3. The Hall–Kier alpha value is -1.36. The molecule has 0 radical (unpaired) electrons. The van der Waals surface area contributed by atoms with Gasteiger partial charge in [-0.25, -0.2) is 0 Å². The van der Waals surface area contributed by atoms with Gasteiger partial charge in [-0.1, -0.05) is 12.5 Å². The Morgan fingerprint density at radius 1 is 1.56 bits per heavy atom. The molecule has 1 amide bonds. The topological polar surface area (TPSA) is 66.8 Å². The minimum Gasteiger partial charge on any atom is -0.481 e. The highest BCUT2D eigenvalue weighted by molar-refractivity contribution is 5.80. The third-order valence-corrected chi connectivity index (χ3v) is 3.00. The summed E-state index contributed by atoms with van der Waals surface area (Å²) in [6, 6.07) is -0.351. The third-order valence-electron chi connectivity index (χ3n) is 3.00. The van der Waals surface area contributed by atoms with E-state index in [4.69, 9.17) is 9.84 Å². The molecule has 1 heterocycles. The number of morpholine rings is 1. The van der Waals surface area contributed by atoms with Gasteiger partial charge in [0, 0.05) is 12.5 Å². The first-order chi connectivity index (χ1) is 8.41. The number of allylic oxidation sites excluding steroid dienone is 1. The van der Waals surface area contributed by atoms with E-state index < -0.39 is 5.97 Å². The molecule has 102 valence electrons. The van der Waals surface area contributed by atoms with Crippen LogP contribution in [0.3, 0.4) is 0 Å². The number of hydrogen-bond donors (Lipinski definition) is 1. The average Bonchev–Trinajstić information content (AvgIpc) is 2.27. The third kappa shape index (κ3) is 4.14. The number of carboxylic acid groups (broad SMARTS) is 1. The number of amides is 1. The van der Waals surface area contributed by atoms with E-state index in [0.717, 1.165) is 5.57 Å². The second kappa shape index (κ2) is 6.54. The van der Waals surface area contributed by atoms with E-state index in [0.29, 0.717) is 26.2 Å². The maximum Gasteiger partial charge on any atom is 0.305 e. The van der Waals surface area contributed by atoms with Crippen molar-refractivity contribution in [2.75, 3.05) is 19.8 Å². The lowest BCUT2D eigenvalue weighted by Crippen LogP contribution is -2.51. The van der Waals surface area contributed by atoms with Gasteiger partial charge in [0.15, 0.2) is 0 Å². The van der Waals surface area contributed by atoms with Crippen LogP contribution in [0.15, 0.2) is 12.2 Å². The number of nitrogens with zero attached hydrogens (tertiary/aromatic N) is 1. The van der Waals surface area contributed by atoms with Gasteiger partial charge in [0.1, 0.15) is 0 Å². The van der Waals surface area contributed by atoms with E-state index >= 15 is 0 Å². The molecule has 18 heavy (non-hydrogen) atoms. The summed E-state index contributed by atoms with van der Waals surface area (Å²) in [5, 5.41) is 8.84. The van der Waals surface area contributed by atoms with E-state index in [1.165, 1.54) is 0 Å². The molecule has 1 fully saturated rings. The fourth-order valence-electron chi connectivity index (χ4n) is 2.21. The molecule has 0 unspecified atom stereocenters. The van der Waals surface area contributed by atoms with Gasteiger partial charge in [0.05, 0.1) is 25.7 Å². The normalized spacial score (nSPS) is 21.4. The van der Waals surface area contributed by atoms with E-state index in [1.54, 1.807) is 4.90 Å². The lowest BCUT2D eigenvalue weighted by atomic mass is 10.00. The van der Waals surface area contributed by atoms with Crippen molar-refractivity contribution in [3.05, 3.63) is 12.2 Å². The Morgan fingerprint density at radius 3 is 2.78 bits per heavy atom. The number of aliphatic carboxylic acids is 1. The molecule has 1 N–H and O–H groups in total. The van der Waals surface area contributed by atoms with Crippen molar-refractivity contribution >= 4 is 11.9 Å². The highest BCUT2D eigenvalue weighted by atomic mass is 16.5. The molecule has 1 aliphatic rings. The molecule has 0 aromatic rings. The maximum atomic E-state index is 12.3. The van der Waals surface area contributed by atoms with Crippen LogP contribution >= 0.6 is 0 Å². The van der Waals surface area contributed by atoms with Crippen LogP contribution in [0.2, 0.25) is 0 Å². The van der Waals surface area contributed by atoms with Gasteiger partial charge in [-0.15, -0.1) is 6.58 Å². The molecule has 1 saturated heterocycles. The molecular formula is C13H21NO4. The molecule has 1 aliphatic heterocycles. The highest BCUT2D eigenvalue weighted by Gasteiger charge is 2.31. The zero-order chi connectivity index (χ0) is 13.7. The molecule has 1 rings (SSSR count). The summed E-state index contributed by atoms with van der Waals surface area (Å²) in [5.41, 5.74) is 0.957. The van der Waals surface area contributed by atoms with Gasteiger partial charge < -0.3 is 14.7 Å². The van der Waals surface area contributed by atoms with Crippen molar-refractivity contribution in [3.8, 4) is 0 Å². The molecule has 0 saturated carbocycles. The van der Waals surface area contributed by atoms with Crippen molar-refractivity contribution in [2.45, 2.75) is 32.7 Å². The molecule has 5 nitrogen and oxygen atoms in total. The summed E-state index contributed by atoms with van der Waals surface area (Å²) in [6.45, 7) is 8.79. The number of ether oxygens (including phenoxy) is 1. The molecule has 0 spiro atoms. The van der Waals surface area contributed by atoms with Crippen LogP contribution in [-0.2, 0) is 14.3 Å². The van der Waals surface area contributed by atoms with Crippen LogP contribution in [-0.4, -0.2) is 47.7 Å². The Labute approximate surface area is 107 Å². The standard InChI is InChI=1S/C13H21NO4/c1-9(2)6-10(3)13(17)14-4-5-18-8-11(14)7-12(15)16/h10-11H,1,4-8H2,2-3H3,(H,15,16)/t10-,11-/m1/s1. The van der Waals surface area contributed by atoms with Gasteiger partial charge in [0.2, 0.25) is 5.91 Å². The Morgan fingerprint density at radius 2 is 2.22 bits per heavy atom. The van der Waals surface area contributed by atoms with Crippen molar-refractivity contribution in [1.29, 1.82) is 0 Å². The molecule has 0 aliphatic carbocycles. The summed E-state index contributed by atoms with van der Waals surface area (Å²) >= 11 is 0. The Kier molecular flexibility index (Phi) is 5.34. The van der Waals surface area contributed by atoms with E-state index in [-0.39, 0.29) is 24.3 Å². The minimum atomic E-state index is -0.907. The van der Waals surface area contributed by atoms with Crippen LogP contribution in [0, 0.1) is 5.92 Å². The summed E-state index contributed by atoms with van der Waals surface area (Å²) in [6.07, 6.45) is 0.571. The van der Waals surface area contributed by atoms with Crippen molar-refractivity contribution < 1.29 is 19.4 Å². The summed E-state index contributed by atoms with van der Waals surface area (Å²) < 4.78 is 5.25. The van der Waals surface area contributed by atoms with E-state index in [9.17, 15) is 9.59 Å². The molecule has 0 aromatic heterocycles. The van der Waals surface area contributed by atoms with Gasteiger partial charge in [0.25, 0.3) is 0 Å². The lowest BCUT2D eigenvalue weighted by molar-refractivity contribution is -0.148. The Balaban J connectivity index is 2.67. The van der Waals surface area contributed by atoms with Gasteiger partial charge in [-0.05, 0) is 13.3 Å². The lowest BCUT2D eigenvalue weighted by Gasteiger charge is -2.36. The van der Waals surface area contributed by atoms with Crippen LogP contribution in [0.5, 0.6) is 0 Å². The monoisotopic (exact) mass is 255 g/mol. The van der Waals surface area contributed by atoms with Crippen LogP contribution in [0.1, 0.15) is 26.7 Å². The van der Waals surface area contributed by atoms with Gasteiger partial charge >= 0.3 is 5.97 Å². The average molecular weight is 255 g/mol. The first kappa shape index (κ1) is 14.7. The zero-order valence-corrected chi connectivity index (χ0v) is 11.0. The highest BCUT2D eigenvalue weighted by Crippen LogP contribution is 2.18. The van der Waals surface area contributed by atoms with Crippen molar-refractivity contribution in [3.63, 3.8) is 0 Å². The zero-order valence-electron chi connectivity index (χ0n) is 11.0. The predicted molar refractivity (Wildman–Crippen MR) is 67.2 cm³/mol. The largest absolute Gasteiger partial charge is 0.481 e. The summed E-state index contributed by atoms with van der Waals surface area (Å²) in [5.74, 6) is -1.07. The first-order valence-electron chi connectivity index (χ1n) is 6.16. The number of carbonyl (C=O) groups is 2. The van der Waals surface area contributed by atoms with Crippen LogP contribution < -0.4 is 0 Å². The Bertz CT molecular complexity index is 340. The van der Waals surface area contributed by atoms with Gasteiger partial charge in [-0.2, -0.15) is 0 Å². The van der Waals surface area contributed by atoms with Crippen LogP contribution in [0.4, 0.5) is 0 Å². The van der Waals surface area contributed by atoms with Crippen molar-refractivity contribution in [1.82, 2.24) is 4.90 Å². The first-order valence-corrected chi connectivity index (χ1v) is 6.16. The second-order valence-corrected chi connectivity index (χ2v) is 4.92. The summed E-state index contributed by atoms with van der Waals surface area (Å²) in [7, 11) is 0. The predicted octanol–water partition coefficient (Wildman–Crippen LogP) is 1.29. The molecule has 0 bridgehead atoms. The van der Waals surface area contributed by atoms with Gasteiger partial charge in [-0.3, -0.25) is 9.59 Å². The number of carbonyl (C=O) groups excluding carboxylic acids is 1. The molecular weight excluding hydrogens is 234 g/mol. The second-order valence-electron chi connectivity index (χ2n) is 4.92. The fraction of sp³-hybridized carbons (Fsp3) is 0.692. The number of hydrogen-bond acceptors (Lipinski definition) is 3. The smallest absolute Gasteiger partial charge is 0.305 e. The quantitative estimate of drug-likeness (QED) is 0.752. The van der Waals surface area contributed by atoms with E-state index in [2.05, 4.69) is 6.58 Å². The molecule has 2 atom stereocenters. The van der Waals surface area contributed by atoms with Crippen LogP contribution in [0.25, 0.3) is 0 Å². The fourth-order valence-corrected chi connectivity index (χ4v) is 2.21. The minimum absolute atomic E-state index is 0.00690. The summed E-state index contributed by atoms with van der Waals surface area (Å²) in [4.78, 5) is 24.7. The van der Waals surface area contributed by atoms with E-state index in [1.807, 2.05) is 13.8 Å². The molecule has 5 heteroatoms. The van der Waals surface area contributed by atoms with Crippen molar-refractivity contribution in [2.24, 2.45) is 5.92 Å². The number of carboxylic acids is 1. The number of rotatable bonds is 5. The molecule has 0 aromatic carbocycles. The SMILES string of the molecule is C=C(C)C[C@@H](C)C(=O)N1CCOC[C@H]1CC(=O)O.